The summed E-state index contributed by atoms with van der Waals surface area (Å²) in [5, 5.41) is -0.132. The molecule has 0 aromatic heterocycles. The van der Waals surface area contributed by atoms with E-state index in [9.17, 15) is 4.79 Å². The van der Waals surface area contributed by atoms with Gasteiger partial charge in [0.2, 0.25) is 0 Å². The Kier molecular flexibility index (Phi) is 2.76. The molecule has 1 rings (SSSR count). The largest absolute Gasteiger partial charge is 0.468 e. The molecule has 1 unspecified atom stereocenters. The maximum absolute atomic E-state index is 11.0. The van der Waals surface area contributed by atoms with Gasteiger partial charge in [0.25, 0.3) is 0 Å². The maximum atomic E-state index is 11.0. The normalized spacial score (nSPS) is 23.6. The maximum Gasteiger partial charge on any atom is 0.318 e. The third-order valence-electron chi connectivity index (χ3n) is 1.42. The van der Waals surface area contributed by atoms with Crippen molar-refractivity contribution in [1.82, 2.24) is 0 Å². The lowest BCUT2D eigenvalue weighted by molar-refractivity contribution is -0.137. The Morgan fingerprint density at radius 1 is 1.64 bits per heavy atom. The van der Waals surface area contributed by atoms with E-state index in [1.54, 1.807) is 12.2 Å². The zero-order valence-electron chi connectivity index (χ0n) is 6.15. The van der Waals surface area contributed by atoms with Crippen LogP contribution in [0.4, 0.5) is 0 Å². The van der Waals surface area contributed by atoms with Crippen molar-refractivity contribution in [3.8, 4) is 0 Å². The van der Waals surface area contributed by atoms with Crippen LogP contribution in [0.15, 0.2) is 24.3 Å². The van der Waals surface area contributed by atoms with Crippen LogP contribution in [0.3, 0.4) is 0 Å². The van der Waals surface area contributed by atoms with Crippen molar-refractivity contribution in [3.63, 3.8) is 0 Å². The zero-order valence-corrected chi connectivity index (χ0v) is 7.04. The van der Waals surface area contributed by atoms with Crippen LogP contribution < -0.4 is 0 Å². The van der Waals surface area contributed by atoms with Crippen LogP contribution >= 0.6 is 12.6 Å². The minimum absolute atomic E-state index is 0.132. The summed E-state index contributed by atoms with van der Waals surface area (Å²) in [6.45, 7) is 0. The first kappa shape index (κ1) is 8.40. The number of hydrogen-bond acceptors (Lipinski definition) is 3. The van der Waals surface area contributed by atoms with Gasteiger partial charge < -0.3 is 4.74 Å². The molecule has 0 aromatic carbocycles. The first-order valence-corrected chi connectivity index (χ1v) is 3.75. The molecule has 0 heterocycles. The summed E-state index contributed by atoms with van der Waals surface area (Å²) in [5.41, 5.74) is 0. The molecular weight excluding hydrogens is 160 g/mol. The highest BCUT2D eigenvalue weighted by molar-refractivity contribution is 7.81. The number of ether oxygens (including phenoxy) is 1. The van der Waals surface area contributed by atoms with Gasteiger partial charge in [-0.1, -0.05) is 24.3 Å². The topological polar surface area (TPSA) is 26.3 Å². The van der Waals surface area contributed by atoms with Crippen LogP contribution in [-0.2, 0) is 9.53 Å². The lowest BCUT2D eigenvalue weighted by Gasteiger charge is -2.15. The predicted molar refractivity (Wildman–Crippen MR) is 46.3 cm³/mol. The summed E-state index contributed by atoms with van der Waals surface area (Å²) in [6.07, 6.45) is 7.18. The zero-order chi connectivity index (χ0) is 8.27. The first-order chi connectivity index (χ1) is 5.25. The number of allylic oxidation sites excluding steroid dienone is 2. The quantitative estimate of drug-likeness (QED) is 0.471. The average molecular weight is 169 g/mol. The molecule has 1 aliphatic rings. The highest BCUT2D eigenvalue weighted by Crippen LogP contribution is 2.20. The fourth-order valence-corrected chi connectivity index (χ4v) is 1.13. The summed E-state index contributed by atoms with van der Waals surface area (Å²) in [7, 11) is 1.36. The molecule has 1 atom stereocenters. The van der Waals surface area contributed by atoms with E-state index in [-0.39, 0.29) is 11.2 Å². The average Bonchev–Trinajstić information content (AvgIpc) is 2.04. The molecule has 11 heavy (non-hydrogen) atoms. The van der Waals surface area contributed by atoms with Gasteiger partial charge in [0.1, 0.15) is 5.92 Å². The minimum atomic E-state index is -0.314. The Morgan fingerprint density at radius 2 is 2.36 bits per heavy atom. The molecule has 0 fully saturated rings. The van der Waals surface area contributed by atoms with E-state index in [0.29, 0.717) is 5.92 Å². The molecule has 0 saturated heterocycles. The summed E-state index contributed by atoms with van der Waals surface area (Å²) < 4.78 is 4.55. The van der Waals surface area contributed by atoms with Crippen molar-refractivity contribution in [1.29, 1.82) is 0 Å². The monoisotopic (exact) mass is 169 g/mol. The van der Waals surface area contributed by atoms with Gasteiger partial charge >= 0.3 is 5.97 Å². The van der Waals surface area contributed by atoms with Crippen molar-refractivity contribution >= 4 is 18.6 Å². The van der Waals surface area contributed by atoms with Gasteiger partial charge in [-0.15, -0.1) is 0 Å². The van der Waals surface area contributed by atoms with Crippen LogP contribution in [0.5, 0.6) is 0 Å². The van der Waals surface area contributed by atoms with E-state index in [1.807, 2.05) is 12.2 Å². The van der Waals surface area contributed by atoms with Crippen molar-refractivity contribution in [2.45, 2.75) is 5.25 Å². The summed E-state index contributed by atoms with van der Waals surface area (Å²) >= 11 is 4.17. The number of methoxy groups -OCH3 is 1. The Labute approximate surface area is 71.3 Å². The molecule has 3 heteroatoms. The van der Waals surface area contributed by atoms with Crippen LogP contribution in [0.1, 0.15) is 0 Å². The number of thiol groups is 1. The molecule has 1 radical (unpaired) electrons. The van der Waals surface area contributed by atoms with E-state index in [2.05, 4.69) is 17.4 Å². The third-order valence-corrected chi connectivity index (χ3v) is 1.87. The highest BCUT2D eigenvalue weighted by atomic mass is 32.1. The smallest absolute Gasteiger partial charge is 0.318 e. The molecule has 0 saturated carbocycles. The highest BCUT2D eigenvalue weighted by Gasteiger charge is 2.24. The SMILES string of the molecule is COC(=O)[C]1C=CC=CC1S. The van der Waals surface area contributed by atoms with Gasteiger partial charge in [-0.3, -0.25) is 4.79 Å². The van der Waals surface area contributed by atoms with Crippen molar-refractivity contribution in [2.75, 3.05) is 7.11 Å². The number of rotatable bonds is 1. The molecule has 0 aromatic rings. The number of carbonyl (C=O) groups excluding carboxylic acids is 1. The number of esters is 1. The van der Waals surface area contributed by atoms with Crippen LogP contribution in [0, 0.1) is 5.92 Å². The van der Waals surface area contributed by atoms with Gasteiger partial charge in [-0.25, -0.2) is 0 Å². The van der Waals surface area contributed by atoms with Gasteiger partial charge in [-0.05, 0) is 0 Å². The van der Waals surface area contributed by atoms with Gasteiger partial charge in [0.05, 0.1) is 7.11 Å². The number of hydrogen-bond donors (Lipinski definition) is 1. The summed E-state index contributed by atoms with van der Waals surface area (Å²) in [4.78, 5) is 11.0. The molecule has 2 nitrogen and oxygen atoms in total. The molecular formula is C8H9O2S. The van der Waals surface area contributed by atoms with Gasteiger partial charge in [0, 0.05) is 5.25 Å². The molecule has 59 valence electrons. The Bertz CT molecular complexity index is 208. The van der Waals surface area contributed by atoms with Crippen LogP contribution in [-0.4, -0.2) is 18.3 Å². The van der Waals surface area contributed by atoms with E-state index in [0.717, 1.165) is 0 Å². The van der Waals surface area contributed by atoms with Crippen LogP contribution in [0.2, 0.25) is 0 Å². The molecule has 0 amide bonds. The van der Waals surface area contributed by atoms with E-state index in [4.69, 9.17) is 0 Å². The second kappa shape index (κ2) is 3.62. The van der Waals surface area contributed by atoms with Crippen molar-refractivity contribution in [3.05, 3.63) is 30.2 Å². The third kappa shape index (κ3) is 1.87. The predicted octanol–water partition coefficient (Wildman–Crippen LogP) is 1.16. The minimum Gasteiger partial charge on any atom is -0.468 e. The second-order valence-electron chi connectivity index (χ2n) is 2.14. The summed E-state index contributed by atoms with van der Waals surface area (Å²) in [5.74, 6) is 0.268. The Hall–Kier alpha value is -0.700. The Morgan fingerprint density at radius 3 is 2.91 bits per heavy atom. The number of carbonyl (C=O) groups is 1. The summed E-state index contributed by atoms with van der Waals surface area (Å²) in [6, 6.07) is 0. The second-order valence-corrected chi connectivity index (χ2v) is 2.69. The molecule has 0 N–H and O–H groups in total. The molecule has 0 spiro atoms. The van der Waals surface area contributed by atoms with E-state index in [1.165, 1.54) is 7.11 Å². The molecule has 1 aliphatic carbocycles. The fourth-order valence-electron chi connectivity index (χ4n) is 0.838. The van der Waals surface area contributed by atoms with E-state index >= 15 is 0 Å². The van der Waals surface area contributed by atoms with Crippen LogP contribution in [0.25, 0.3) is 0 Å². The van der Waals surface area contributed by atoms with Crippen molar-refractivity contribution in [2.24, 2.45) is 0 Å². The van der Waals surface area contributed by atoms with Gasteiger partial charge in [0.15, 0.2) is 0 Å². The lowest BCUT2D eigenvalue weighted by atomic mass is 10.0. The van der Waals surface area contributed by atoms with E-state index < -0.39 is 0 Å². The molecule has 0 bridgehead atoms. The standard InChI is InChI=1S/C8H9O2S/c1-10-8(9)6-4-2-3-5-7(6)11/h2-5,7,11H,1H3. The Balaban J connectivity index is 2.65. The lowest BCUT2D eigenvalue weighted by Crippen LogP contribution is -2.21. The molecule has 0 aliphatic heterocycles. The van der Waals surface area contributed by atoms with Crippen molar-refractivity contribution < 1.29 is 9.53 Å². The van der Waals surface area contributed by atoms with Gasteiger partial charge in [-0.2, -0.15) is 12.6 Å². The first-order valence-electron chi connectivity index (χ1n) is 3.24. The fraction of sp³-hybridized carbons (Fsp3) is 0.250.